The largest absolute Gasteiger partial charge is 0.508 e. The molecule has 0 spiro atoms. The van der Waals surface area contributed by atoms with Crippen LogP contribution in [0.25, 0.3) is 0 Å². The van der Waals surface area contributed by atoms with Gasteiger partial charge in [-0.15, -0.1) is 0 Å². The number of unbranched alkanes of at least 4 members (excludes halogenated alkanes) is 2. The van der Waals surface area contributed by atoms with Crippen molar-refractivity contribution in [2.24, 2.45) is 28.7 Å². The molecule has 0 aliphatic rings. The summed E-state index contributed by atoms with van der Waals surface area (Å²) in [7, 11) is 0. The Balaban J connectivity index is 0.0000101. The fraction of sp³-hybridized carbons (Fsp3) is 0.608. The first-order valence-electron chi connectivity index (χ1n) is 27.3. The van der Waals surface area contributed by atoms with Crippen molar-refractivity contribution >= 4 is 82.9 Å². The lowest BCUT2D eigenvalue weighted by Gasteiger charge is -2.27. The maximum absolute atomic E-state index is 13.7. The lowest BCUT2D eigenvalue weighted by Crippen LogP contribution is -2.61. The molecule has 0 aromatic heterocycles. The third-order valence-electron chi connectivity index (χ3n) is 12.4. The summed E-state index contributed by atoms with van der Waals surface area (Å²) in [6, 6.07) is -10.4. The summed E-state index contributed by atoms with van der Waals surface area (Å²) in [5.41, 5.74) is 28.0. The second-order valence-corrected chi connectivity index (χ2v) is 19.9. The van der Waals surface area contributed by atoms with Gasteiger partial charge in [0.2, 0.25) is 65.0 Å². The van der Waals surface area contributed by atoms with Gasteiger partial charge >= 0.3 is 24.1 Å². The predicted octanol–water partition coefficient (Wildman–Crippen LogP) is -6.59. The number of aliphatic carboxylic acids is 3. The third-order valence-corrected chi connectivity index (χ3v) is 12.4. The molecule has 0 unspecified atom stereocenters. The molecule has 11 atom stereocenters. The molecule has 0 saturated carbocycles. The molecule has 0 radical (unpaired) electrons. The van der Waals surface area contributed by atoms with Crippen LogP contribution in [-0.4, -0.2) is 206 Å². The number of hydrogen-bond acceptors (Lipinski definition) is 20. The molecule has 0 aliphatic heterocycles. The fourth-order valence-electron chi connectivity index (χ4n) is 7.41. The van der Waals surface area contributed by atoms with Crippen LogP contribution in [0.2, 0.25) is 0 Å². The van der Waals surface area contributed by atoms with Crippen LogP contribution in [0.4, 0.5) is 13.2 Å². The molecule has 0 fully saturated rings. The Hall–Kier alpha value is -8.81. The van der Waals surface area contributed by atoms with Crippen LogP contribution in [0.1, 0.15) is 103 Å². The zero-order valence-electron chi connectivity index (χ0n) is 48.4. The summed E-state index contributed by atoms with van der Waals surface area (Å²) in [4.78, 5) is 177. The van der Waals surface area contributed by atoms with Crippen LogP contribution in [-0.2, 0) is 73.5 Å². The molecule has 1 aromatic rings. The van der Waals surface area contributed by atoms with E-state index in [1.165, 1.54) is 31.2 Å². The first kappa shape index (κ1) is 79.2. The monoisotopic (exact) mass is 1270 g/mol. The summed E-state index contributed by atoms with van der Waals surface area (Å²) in [6.07, 6.45) is -8.02. The number of carboxylic acids is 3. The van der Waals surface area contributed by atoms with E-state index >= 15 is 0 Å². The Morgan fingerprint density at radius 1 is 0.489 bits per heavy atom. The molecule has 0 bridgehead atoms. The van der Waals surface area contributed by atoms with Crippen LogP contribution >= 0.6 is 0 Å². The lowest BCUT2D eigenvalue weighted by atomic mass is 10.0. The number of halogens is 3. The summed E-state index contributed by atoms with van der Waals surface area (Å²) >= 11 is 0. The zero-order valence-corrected chi connectivity index (χ0v) is 48.4. The summed E-state index contributed by atoms with van der Waals surface area (Å²) in [5.74, 6) is -17.3. The molecule has 11 amide bonds. The van der Waals surface area contributed by atoms with Gasteiger partial charge in [-0.2, -0.15) is 13.2 Å². The van der Waals surface area contributed by atoms with Crippen LogP contribution in [0.5, 0.6) is 5.75 Å². The van der Waals surface area contributed by atoms with Gasteiger partial charge in [0, 0.05) is 25.7 Å². The van der Waals surface area contributed by atoms with Crippen LogP contribution in [0, 0.1) is 0 Å². The van der Waals surface area contributed by atoms with E-state index in [-0.39, 0.29) is 18.6 Å². The van der Waals surface area contributed by atoms with Gasteiger partial charge in [0.05, 0.1) is 18.8 Å². The van der Waals surface area contributed by atoms with Crippen molar-refractivity contribution in [3.05, 3.63) is 29.8 Å². The van der Waals surface area contributed by atoms with Crippen molar-refractivity contribution in [1.82, 2.24) is 47.9 Å². The minimum atomic E-state index is -5.08. The van der Waals surface area contributed by atoms with E-state index in [9.17, 15) is 101 Å². The summed E-state index contributed by atoms with van der Waals surface area (Å²) in [6.45, 7) is 2.98. The quantitative estimate of drug-likeness (QED) is 0.0272. The van der Waals surface area contributed by atoms with E-state index in [1.54, 1.807) is 0 Å². The molecule has 0 aliphatic carbocycles. The van der Waals surface area contributed by atoms with E-state index < -0.39 is 201 Å². The van der Waals surface area contributed by atoms with Crippen LogP contribution < -0.4 is 76.5 Å². The number of rotatable bonds is 40. The lowest BCUT2D eigenvalue weighted by molar-refractivity contribution is -0.192. The number of primary amides is 2. The molecule has 25 N–H and O–H groups in total. The molecule has 1 aromatic carbocycles. The van der Waals surface area contributed by atoms with Gasteiger partial charge in [-0.3, -0.25) is 57.5 Å². The molecule has 1 rings (SSSR count). The number of aliphatic hydroxyl groups is 2. The average molecular weight is 1270 g/mol. The number of carbonyl (C=O) groups is 14. The highest BCUT2D eigenvalue weighted by Gasteiger charge is 2.39. The van der Waals surface area contributed by atoms with Gasteiger partial charge in [0.15, 0.2) is 0 Å². The topological polar surface area (TPSA) is 599 Å². The Morgan fingerprint density at radius 2 is 0.852 bits per heavy atom. The highest BCUT2D eigenvalue weighted by Crippen LogP contribution is 2.14. The Kier molecular flexibility index (Phi) is 36.5. The molecule has 88 heavy (non-hydrogen) atoms. The first-order chi connectivity index (χ1) is 41.0. The van der Waals surface area contributed by atoms with Crippen molar-refractivity contribution in [3.63, 3.8) is 0 Å². The van der Waals surface area contributed by atoms with Crippen LogP contribution in [0.15, 0.2) is 24.3 Å². The van der Waals surface area contributed by atoms with Gasteiger partial charge in [0.25, 0.3) is 0 Å². The van der Waals surface area contributed by atoms with Crippen molar-refractivity contribution in [1.29, 1.82) is 0 Å². The van der Waals surface area contributed by atoms with Crippen molar-refractivity contribution in [2.45, 2.75) is 177 Å². The maximum Gasteiger partial charge on any atom is 0.490 e. The first-order valence-corrected chi connectivity index (χ1v) is 27.3. The zero-order chi connectivity index (χ0) is 67.6. The van der Waals surface area contributed by atoms with Crippen molar-refractivity contribution in [2.75, 3.05) is 19.7 Å². The Labute approximate surface area is 501 Å². The molecular weight excluding hydrogens is 1190 g/mol. The number of phenolic OH excluding ortho intramolecular Hbond substituents is 1. The normalized spacial score (nSPS) is 14.8. The van der Waals surface area contributed by atoms with E-state index in [0.717, 1.165) is 13.8 Å². The third kappa shape index (κ3) is 32.1. The second-order valence-electron chi connectivity index (χ2n) is 19.9. The van der Waals surface area contributed by atoms with Gasteiger partial charge in [-0.05, 0) is 103 Å². The van der Waals surface area contributed by atoms with Crippen LogP contribution in [0.3, 0.4) is 0 Å². The standard InChI is InChI=1S/C49H80N14O18.C2HF3O2/c1-24(40(71)62-35(23-64)47(78)59-32(15-18-37(54)68)45(76)58-33(16-19-38(69)70)46(77)61-34(49(80)81)22-27-10-12-28(66)13-11-27)55-44(75)31(14-17-36(53)67)60-48(79)39(26(3)65)63-41(72)25(2)56-43(74)30(9-5-7-21-51)57-42(73)29(52)8-4-6-20-50;3-2(4,5)1(6)7/h10-13,24-26,29-35,39,64-66H,4-9,14-23,50-52H2,1-3H3,(H2,53,67)(H2,54,68)(H,55,75)(H,56,74)(H,57,73)(H,58,76)(H,59,78)(H,60,79)(H,61,77)(H,62,71)(H,63,72)(H,69,70)(H,80,81);(H,6,7)/t24-,25-,26+,29-,30-,31-,32-,33-,34-,35-,39-;/m0./s1. The number of carboxylic acid groups (broad SMARTS) is 3. The maximum atomic E-state index is 13.7. The number of amides is 11. The number of benzene rings is 1. The minimum Gasteiger partial charge on any atom is -0.508 e. The number of carbonyl (C=O) groups excluding carboxylic acids is 11. The predicted molar refractivity (Wildman–Crippen MR) is 298 cm³/mol. The highest BCUT2D eigenvalue weighted by atomic mass is 19.4. The SMILES string of the molecule is C[C@H](NC(=O)[C@H](CCC(N)=O)NC(=O)[C@@H](NC(=O)[C@H](C)NC(=O)[C@H](CCCCN)NC(=O)[C@@H](N)CCCCN)[C@@H](C)O)C(=O)N[C@@H](CO)C(=O)N[C@@H](CCC(N)=O)C(=O)N[C@@H](CCC(=O)O)C(=O)N[C@@H](Cc1ccc(O)cc1)C(=O)O.O=C(O)C(F)(F)F. The Bertz CT molecular complexity index is 2550. The summed E-state index contributed by atoms with van der Waals surface area (Å²) < 4.78 is 31.7. The second kappa shape index (κ2) is 40.5. The highest BCUT2D eigenvalue weighted by molar-refractivity contribution is 5.99. The van der Waals surface area contributed by atoms with E-state index in [1.807, 2.05) is 0 Å². The fourth-order valence-corrected chi connectivity index (χ4v) is 7.41. The Morgan fingerprint density at radius 3 is 1.25 bits per heavy atom. The number of alkyl halides is 3. The van der Waals surface area contributed by atoms with Crippen molar-refractivity contribution < 1.29 is 111 Å². The van der Waals surface area contributed by atoms with Gasteiger partial charge in [-0.1, -0.05) is 18.6 Å². The number of aliphatic hydroxyl groups excluding tert-OH is 2. The molecule has 37 heteroatoms. The van der Waals surface area contributed by atoms with E-state index in [0.29, 0.717) is 50.8 Å². The minimum absolute atomic E-state index is 0.125. The van der Waals surface area contributed by atoms with E-state index in [2.05, 4.69) is 47.9 Å². The van der Waals surface area contributed by atoms with Gasteiger partial charge in [0.1, 0.15) is 60.1 Å². The van der Waals surface area contributed by atoms with Gasteiger partial charge in [-0.25, -0.2) is 9.59 Å². The molecule has 0 saturated heterocycles. The van der Waals surface area contributed by atoms with Gasteiger partial charge < -0.3 is 107 Å². The molecule has 0 heterocycles. The number of aromatic hydroxyl groups is 1. The number of nitrogens with two attached hydrogens (primary N) is 5. The molecule has 34 nitrogen and oxygen atoms in total. The summed E-state index contributed by atoms with van der Waals surface area (Å²) in [5, 5.41) is 77.2. The molecular formula is C51H81F3N14O20. The van der Waals surface area contributed by atoms with Crippen molar-refractivity contribution in [3.8, 4) is 5.75 Å². The average Bonchev–Trinajstić information content (AvgIpc) is 3.45. The molecule has 496 valence electrons. The number of phenols is 1. The van der Waals surface area contributed by atoms with E-state index in [4.69, 9.17) is 38.6 Å². The smallest absolute Gasteiger partial charge is 0.490 e. The number of hydrogen-bond donors (Lipinski definition) is 20. The number of nitrogens with one attached hydrogen (secondary N) is 9.